The maximum absolute atomic E-state index is 8.51. The molecule has 0 aliphatic heterocycles. The van der Waals surface area contributed by atoms with Gasteiger partial charge >= 0.3 is 0 Å². The van der Waals surface area contributed by atoms with Gasteiger partial charge in [0.1, 0.15) is 6.33 Å². The van der Waals surface area contributed by atoms with Crippen molar-refractivity contribution in [2.75, 3.05) is 5.75 Å². The van der Waals surface area contributed by atoms with Crippen molar-refractivity contribution in [1.82, 2.24) is 14.8 Å². The van der Waals surface area contributed by atoms with Gasteiger partial charge in [-0.1, -0.05) is 17.8 Å². The smallest absolute Gasteiger partial charge is 0.192 e. The quantitative estimate of drug-likeness (QED) is 0.763. The summed E-state index contributed by atoms with van der Waals surface area (Å²) in [6.45, 7) is 0.862. The first-order valence-corrected chi connectivity index (χ1v) is 6.66. The molecule has 0 spiro atoms. The summed E-state index contributed by atoms with van der Waals surface area (Å²) in [6.07, 6.45) is 2.70. The van der Waals surface area contributed by atoms with Gasteiger partial charge in [-0.25, -0.2) is 0 Å². The second kappa shape index (κ2) is 5.68. The lowest BCUT2D eigenvalue weighted by Gasteiger charge is -2.03. The Hall–Kier alpha value is -1.32. The minimum atomic E-state index is 0.414. The molecule has 16 heavy (non-hydrogen) atoms. The fourth-order valence-corrected chi connectivity index (χ4v) is 2.59. The average Bonchev–Trinajstić information content (AvgIpc) is 2.94. The van der Waals surface area contributed by atoms with E-state index in [1.54, 1.807) is 17.7 Å². The molecule has 2 aromatic rings. The molecule has 0 unspecified atom stereocenters. The van der Waals surface area contributed by atoms with Gasteiger partial charge < -0.3 is 4.57 Å². The van der Waals surface area contributed by atoms with Crippen molar-refractivity contribution in [3.63, 3.8) is 0 Å². The van der Waals surface area contributed by atoms with Crippen molar-refractivity contribution in [1.29, 1.82) is 5.26 Å². The Balaban J connectivity index is 1.94. The summed E-state index contributed by atoms with van der Waals surface area (Å²) in [5.74, 6) is 0.414. The minimum absolute atomic E-state index is 0.414. The monoisotopic (exact) mass is 250 g/mol. The van der Waals surface area contributed by atoms with Crippen molar-refractivity contribution in [3.8, 4) is 6.07 Å². The predicted octanol–water partition coefficient (Wildman–Crippen LogP) is 2.20. The molecule has 0 N–H and O–H groups in total. The highest BCUT2D eigenvalue weighted by Crippen LogP contribution is 2.15. The van der Waals surface area contributed by atoms with Crippen LogP contribution in [0, 0.1) is 11.3 Å². The zero-order chi connectivity index (χ0) is 11.2. The van der Waals surface area contributed by atoms with E-state index in [0.717, 1.165) is 18.1 Å². The Morgan fingerprint density at radius 3 is 3.25 bits per heavy atom. The summed E-state index contributed by atoms with van der Waals surface area (Å²) < 4.78 is 1.99. The molecule has 0 aromatic carbocycles. The lowest BCUT2D eigenvalue weighted by atomic mass is 10.3. The zero-order valence-electron chi connectivity index (χ0n) is 8.54. The van der Waals surface area contributed by atoms with Crippen LogP contribution in [0.2, 0.25) is 0 Å². The van der Waals surface area contributed by atoms with E-state index >= 15 is 0 Å². The number of thiophene rings is 1. The van der Waals surface area contributed by atoms with Gasteiger partial charge in [-0.3, -0.25) is 0 Å². The predicted molar refractivity (Wildman–Crippen MR) is 64.4 cm³/mol. The summed E-state index contributed by atoms with van der Waals surface area (Å²) in [4.78, 5) is 1.35. The van der Waals surface area contributed by atoms with Crippen molar-refractivity contribution < 1.29 is 0 Å². The largest absolute Gasteiger partial charge is 0.308 e. The number of thioether (sulfide) groups is 1. The Bertz CT molecular complexity index is 469. The fourth-order valence-electron chi connectivity index (χ4n) is 1.29. The normalized spacial score (nSPS) is 10.2. The van der Waals surface area contributed by atoms with Crippen LogP contribution in [0.5, 0.6) is 0 Å². The second-order valence-corrected chi connectivity index (χ2v) is 5.06. The van der Waals surface area contributed by atoms with E-state index in [2.05, 4.69) is 33.8 Å². The highest BCUT2D eigenvalue weighted by atomic mass is 32.2. The fraction of sp³-hybridized carbons (Fsp3) is 0.300. The van der Waals surface area contributed by atoms with E-state index in [0.29, 0.717) is 5.75 Å². The molecule has 0 aliphatic carbocycles. The first kappa shape index (κ1) is 11.2. The summed E-state index contributed by atoms with van der Waals surface area (Å²) in [6, 6.07) is 6.26. The molecule has 6 heteroatoms. The second-order valence-electron chi connectivity index (χ2n) is 3.08. The van der Waals surface area contributed by atoms with Gasteiger partial charge in [0.25, 0.3) is 0 Å². The molecule has 82 valence electrons. The Kier molecular flexibility index (Phi) is 3.97. The number of nitriles is 1. The van der Waals surface area contributed by atoms with Crippen LogP contribution in [-0.4, -0.2) is 20.5 Å². The van der Waals surface area contributed by atoms with Crippen LogP contribution in [-0.2, 0) is 13.0 Å². The van der Waals surface area contributed by atoms with Crippen LogP contribution in [0.4, 0.5) is 0 Å². The number of hydrogen-bond donors (Lipinski definition) is 0. The molecule has 0 saturated heterocycles. The molecule has 0 amide bonds. The highest BCUT2D eigenvalue weighted by Gasteiger charge is 2.04. The third kappa shape index (κ3) is 2.84. The SMILES string of the molecule is N#CCSc1nncn1CCc1cccs1. The molecule has 0 atom stereocenters. The topological polar surface area (TPSA) is 54.5 Å². The van der Waals surface area contributed by atoms with Gasteiger partial charge in [-0.05, 0) is 17.9 Å². The zero-order valence-corrected chi connectivity index (χ0v) is 10.2. The number of nitrogens with zero attached hydrogens (tertiary/aromatic N) is 4. The highest BCUT2D eigenvalue weighted by molar-refractivity contribution is 7.99. The average molecular weight is 250 g/mol. The Morgan fingerprint density at radius 2 is 2.50 bits per heavy atom. The summed E-state index contributed by atoms with van der Waals surface area (Å²) in [5.41, 5.74) is 0. The van der Waals surface area contributed by atoms with E-state index in [9.17, 15) is 0 Å². The van der Waals surface area contributed by atoms with Gasteiger partial charge in [0.2, 0.25) is 0 Å². The molecule has 0 saturated carbocycles. The van der Waals surface area contributed by atoms with Crippen molar-refractivity contribution in [3.05, 3.63) is 28.7 Å². The summed E-state index contributed by atoms with van der Waals surface area (Å²) in [5, 5.41) is 19.2. The van der Waals surface area contributed by atoms with Gasteiger partial charge in [0.05, 0.1) is 11.8 Å². The van der Waals surface area contributed by atoms with Crippen molar-refractivity contribution in [2.24, 2.45) is 0 Å². The first-order chi connectivity index (χ1) is 7.90. The Labute approximate surface area is 102 Å². The third-order valence-corrected chi connectivity index (χ3v) is 3.81. The lowest BCUT2D eigenvalue weighted by Crippen LogP contribution is -2.01. The van der Waals surface area contributed by atoms with Gasteiger partial charge in [-0.2, -0.15) is 5.26 Å². The number of aryl methyl sites for hydroxylation is 2. The summed E-state index contributed by atoms with van der Waals surface area (Å²) >= 11 is 3.18. The maximum atomic E-state index is 8.51. The van der Waals surface area contributed by atoms with Gasteiger partial charge in [-0.15, -0.1) is 21.5 Å². The molecule has 2 heterocycles. The van der Waals surface area contributed by atoms with E-state index in [1.165, 1.54) is 16.6 Å². The van der Waals surface area contributed by atoms with Crippen LogP contribution in [0.15, 0.2) is 29.0 Å². The maximum Gasteiger partial charge on any atom is 0.192 e. The van der Waals surface area contributed by atoms with E-state index in [1.807, 2.05) is 4.57 Å². The molecule has 0 aliphatic rings. The molecular weight excluding hydrogens is 240 g/mol. The molecule has 2 aromatic heterocycles. The van der Waals surface area contributed by atoms with E-state index in [-0.39, 0.29) is 0 Å². The van der Waals surface area contributed by atoms with Gasteiger partial charge in [0, 0.05) is 11.4 Å². The standard InChI is InChI=1S/C10H10N4S2/c11-4-7-16-10-13-12-8-14(10)5-3-9-2-1-6-15-9/h1-2,6,8H,3,5,7H2. The van der Waals surface area contributed by atoms with Gasteiger partial charge in [0.15, 0.2) is 5.16 Å². The van der Waals surface area contributed by atoms with Crippen LogP contribution in [0.3, 0.4) is 0 Å². The van der Waals surface area contributed by atoms with Crippen molar-refractivity contribution in [2.45, 2.75) is 18.1 Å². The van der Waals surface area contributed by atoms with Crippen LogP contribution < -0.4 is 0 Å². The van der Waals surface area contributed by atoms with E-state index < -0.39 is 0 Å². The van der Waals surface area contributed by atoms with Crippen LogP contribution in [0.1, 0.15) is 4.88 Å². The third-order valence-electron chi connectivity index (χ3n) is 2.03. The molecule has 0 bridgehead atoms. The molecule has 2 rings (SSSR count). The minimum Gasteiger partial charge on any atom is -0.308 e. The molecule has 4 nitrogen and oxygen atoms in total. The number of hydrogen-bond acceptors (Lipinski definition) is 5. The lowest BCUT2D eigenvalue weighted by molar-refractivity contribution is 0.638. The van der Waals surface area contributed by atoms with Crippen molar-refractivity contribution >= 4 is 23.1 Å². The first-order valence-electron chi connectivity index (χ1n) is 4.80. The number of rotatable bonds is 5. The van der Waals surface area contributed by atoms with E-state index in [4.69, 9.17) is 5.26 Å². The van der Waals surface area contributed by atoms with Crippen LogP contribution >= 0.6 is 23.1 Å². The summed E-state index contributed by atoms with van der Waals surface area (Å²) in [7, 11) is 0. The Morgan fingerprint density at radius 1 is 1.56 bits per heavy atom. The molecular formula is C10H10N4S2. The number of aromatic nitrogens is 3. The molecule has 0 radical (unpaired) electrons. The molecule has 0 fully saturated rings. The van der Waals surface area contributed by atoms with Crippen LogP contribution in [0.25, 0.3) is 0 Å².